The number of benzene rings is 1. The molecule has 1 N–H and O–H groups in total. The molecule has 1 aliphatic rings. The van der Waals surface area contributed by atoms with E-state index in [1.165, 1.54) is 22.3 Å². The van der Waals surface area contributed by atoms with Gasteiger partial charge in [-0.05, 0) is 50.4 Å². The molecule has 0 radical (unpaired) electrons. The standard InChI is InChI=1S/C15H19NO.BrH/c1-10-4-7-14-12(8-10)5-6-13(14)9-15(16-3)11(2)17;/h4,6-8,15-16H,5,9H2,1-3H3;1H. The molecule has 0 heterocycles. The number of fused-ring (bicyclic) bond motifs is 1. The van der Waals surface area contributed by atoms with Crippen LogP contribution in [0.15, 0.2) is 24.3 Å². The van der Waals surface area contributed by atoms with E-state index in [1.54, 1.807) is 6.92 Å². The van der Waals surface area contributed by atoms with Gasteiger partial charge in [0.1, 0.15) is 5.78 Å². The second-order valence-electron chi connectivity index (χ2n) is 4.75. The van der Waals surface area contributed by atoms with Crippen LogP contribution in [0, 0.1) is 6.92 Å². The Labute approximate surface area is 119 Å². The van der Waals surface area contributed by atoms with Gasteiger partial charge in [-0.1, -0.05) is 29.8 Å². The highest BCUT2D eigenvalue weighted by Crippen LogP contribution is 2.31. The molecule has 1 aromatic carbocycles. The summed E-state index contributed by atoms with van der Waals surface area (Å²) in [5, 5.41) is 3.08. The highest BCUT2D eigenvalue weighted by atomic mass is 79.9. The molecule has 0 fully saturated rings. The molecule has 0 bridgehead atoms. The molecule has 98 valence electrons. The van der Waals surface area contributed by atoms with Crippen molar-refractivity contribution in [1.29, 1.82) is 0 Å². The first kappa shape index (κ1) is 15.1. The number of nitrogens with one attached hydrogen (secondary N) is 1. The van der Waals surface area contributed by atoms with Crippen LogP contribution in [-0.4, -0.2) is 18.9 Å². The lowest BCUT2D eigenvalue weighted by molar-refractivity contribution is -0.118. The summed E-state index contributed by atoms with van der Waals surface area (Å²) < 4.78 is 0. The third kappa shape index (κ3) is 3.09. The predicted molar refractivity (Wildman–Crippen MR) is 81.3 cm³/mol. The van der Waals surface area contributed by atoms with E-state index in [0.717, 1.165) is 12.8 Å². The van der Waals surface area contributed by atoms with Gasteiger partial charge in [0.05, 0.1) is 6.04 Å². The molecular weight excluding hydrogens is 290 g/mol. The molecule has 1 aliphatic carbocycles. The summed E-state index contributed by atoms with van der Waals surface area (Å²) >= 11 is 0. The fraction of sp³-hybridized carbons (Fsp3) is 0.400. The Morgan fingerprint density at radius 3 is 2.78 bits per heavy atom. The lowest BCUT2D eigenvalue weighted by Crippen LogP contribution is -2.32. The van der Waals surface area contributed by atoms with Gasteiger partial charge in [0, 0.05) is 0 Å². The molecule has 1 unspecified atom stereocenters. The Hall–Kier alpha value is -0.930. The Morgan fingerprint density at radius 1 is 1.44 bits per heavy atom. The molecule has 18 heavy (non-hydrogen) atoms. The zero-order chi connectivity index (χ0) is 12.4. The third-order valence-electron chi connectivity index (χ3n) is 3.44. The molecule has 0 spiro atoms. The molecular formula is C15H20BrNO. The highest BCUT2D eigenvalue weighted by Gasteiger charge is 2.19. The van der Waals surface area contributed by atoms with Gasteiger partial charge in [-0.3, -0.25) is 4.79 Å². The molecule has 0 aromatic heterocycles. The van der Waals surface area contributed by atoms with E-state index in [9.17, 15) is 4.79 Å². The van der Waals surface area contributed by atoms with Crippen LogP contribution in [0.1, 0.15) is 30.0 Å². The SMILES string of the molecule is Br.CNC(CC1=CCc2cc(C)ccc21)C(C)=O. The van der Waals surface area contributed by atoms with Crippen molar-refractivity contribution in [2.45, 2.75) is 32.7 Å². The second-order valence-corrected chi connectivity index (χ2v) is 4.75. The number of Topliss-reactive ketones (excluding diaryl/α,β-unsaturated/α-hetero) is 1. The van der Waals surface area contributed by atoms with E-state index >= 15 is 0 Å². The van der Waals surface area contributed by atoms with Crippen LogP contribution >= 0.6 is 17.0 Å². The lowest BCUT2D eigenvalue weighted by Gasteiger charge is -2.14. The van der Waals surface area contributed by atoms with E-state index in [0.29, 0.717) is 0 Å². The zero-order valence-corrected chi connectivity index (χ0v) is 12.8. The summed E-state index contributed by atoms with van der Waals surface area (Å²) in [4.78, 5) is 11.4. The third-order valence-corrected chi connectivity index (χ3v) is 3.44. The maximum atomic E-state index is 11.4. The second kappa shape index (κ2) is 6.30. The fourth-order valence-electron chi connectivity index (χ4n) is 2.41. The largest absolute Gasteiger partial charge is 0.310 e. The van der Waals surface area contributed by atoms with Gasteiger partial charge in [0.2, 0.25) is 0 Å². The average Bonchev–Trinajstić information content (AvgIpc) is 2.67. The van der Waals surface area contributed by atoms with Gasteiger partial charge in [0.15, 0.2) is 0 Å². The number of hydrogen-bond donors (Lipinski definition) is 1. The molecule has 0 aliphatic heterocycles. The summed E-state index contributed by atoms with van der Waals surface area (Å²) in [5.41, 5.74) is 5.31. The fourth-order valence-corrected chi connectivity index (χ4v) is 2.41. The number of carbonyl (C=O) groups is 1. The van der Waals surface area contributed by atoms with Crippen molar-refractivity contribution in [3.63, 3.8) is 0 Å². The van der Waals surface area contributed by atoms with Gasteiger partial charge in [0.25, 0.3) is 0 Å². The van der Waals surface area contributed by atoms with Crippen molar-refractivity contribution in [2.75, 3.05) is 7.05 Å². The van der Waals surface area contributed by atoms with Crippen molar-refractivity contribution in [1.82, 2.24) is 5.32 Å². The number of aryl methyl sites for hydroxylation is 1. The van der Waals surface area contributed by atoms with E-state index in [4.69, 9.17) is 0 Å². The Bertz CT molecular complexity index is 479. The number of allylic oxidation sites excluding steroid dienone is 1. The van der Waals surface area contributed by atoms with Crippen LogP contribution in [0.25, 0.3) is 5.57 Å². The topological polar surface area (TPSA) is 29.1 Å². The van der Waals surface area contributed by atoms with Crippen molar-refractivity contribution < 1.29 is 4.79 Å². The van der Waals surface area contributed by atoms with E-state index in [1.807, 2.05) is 7.05 Å². The van der Waals surface area contributed by atoms with Crippen molar-refractivity contribution in [2.24, 2.45) is 0 Å². The monoisotopic (exact) mass is 309 g/mol. The lowest BCUT2D eigenvalue weighted by atomic mass is 9.97. The quantitative estimate of drug-likeness (QED) is 0.926. The van der Waals surface area contributed by atoms with Gasteiger partial charge in [-0.25, -0.2) is 0 Å². The molecule has 1 atom stereocenters. The minimum atomic E-state index is -0.0616. The Morgan fingerprint density at radius 2 is 2.17 bits per heavy atom. The van der Waals surface area contributed by atoms with Crippen LogP contribution in [0.4, 0.5) is 0 Å². The Balaban J connectivity index is 0.00000162. The molecule has 2 nitrogen and oxygen atoms in total. The van der Waals surface area contributed by atoms with Gasteiger partial charge < -0.3 is 5.32 Å². The van der Waals surface area contributed by atoms with Crippen molar-refractivity contribution >= 4 is 28.3 Å². The van der Waals surface area contributed by atoms with Gasteiger partial charge in [-0.15, -0.1) is 17.0 Å². The number of halogens is 1. The molecule has 1 aromatic rings. The van der Waals surface area contributed by atoms with Gasteiger partial charge >= 0.3 is 0 Å². The van der Waals surface area contributed by atoms with Crippen LogP contribution < -0.4 is 5.32 Å². The predicted octanol–water partition coefficient (Wildman–Crippen LogP) is 3.08. The minimum Gasteiger partial charge on any atom is -0.310 e. The smallest absolute Gasteiger partial charge is 0.147 e. The maximum absolute atomic E-state index is 11.4. The molecule has 0 saturated carbocycles. The van der Waals surface area contributed by atoms with E-state index in [-0.39, 0.29) is 28.8 Å². The number of ketones is 1. The first-order chi connectivity index (χ1) is 8.11. The van der Waals surface area contributed by atoms with Gasteiger partial charge in [-0.2, -0.15) is 0 Å². The summed E-state index contributed by atoms with van der Waals surface area (Å²) in [7, 11) is 1.84. The Kier molecular flexibility index (Phi) is 5.29. The number of likely N-dealkylation sites (N-methyl/N-ethyl adjacent to an activating group) is 1. The summed E-state index contributed by atoms with van der Waals surface area (Å²) in [6.45, 7) is 3.76. The zero-order valence-electron chi connectivity index (χ0n) is 11.1. The van der Waals surface area contributed by atoms with Crippen LogP contribution in [-0.2, 0) is 11.2 Å². The van der Waals surface area contributed by atoms with Crippen molar-refractivity contribution in [3.8, 4) is 0 Å². The molecule has 2 rings (SSSR count). The number of carbonyl (C=O) groups excluding carboxylic acids is 1. The average molecular weight is 310 g/mol. The first-order valence-corrected chi connectivity index (χ1v) is 6.08. The van der Waals surface area contributed by atoms with Crippen LogP contribution in [0.5, 0.6) is 0 Å². The summed E-state index contributed by atoms with van der Waals surface area (Å²) in [6, 6.07) is 6.49. The molecule has 0 saturated heterocycles. The summed E-state index contributed by atoms with van der Waals surface area (Å²) in [6.07, 6.45) is 4.04. The van der Waals surface area contributed by atoms with Crippen LogP contribution in [0.2, 0.25) is 0 Å². The van der Waals surface area contributed by atoms with Crippen LogP contribution in [0.3, 0.4) is 0 Å². The normalized spacial score (nSPS) is 14.5. The van der Waals surface area contributed by atoms with E-state index < -0.39 is 0 Å². The molecule has 0 amide bonds. The van der Waals surface area contributed by atoms with E-state index in [2.05, 4.69) is 36.5 Å². The minimum absolute atomic E-state index is 0. The summed E-state index contributed by atoms with van der Waals surface area (Å²) in [5.74, 6) is 0.203. The number of hydrogen-bond acceptors (Lipinski definition) is 2. The number of rotatable bonds is 4. The molecule has 3 heteroatoms. The highest BCUT2D eigenvalue weighted by molar-refractivity contribution is 8.93. The maximum Gasteiger partial charge on any atom is 0.147 e. The first-order valence-electron chi connectivity index (χ1n) is 6.08. The van der Waals surface area contributed by atoms with Crippen molar-refractivity contribution in [3.05, 3.63) is 41.0 Å².